The van der Waals surface area contributed by atoms with Crippen LogP contribution in [-0.2, 0) is 11.3 Å². The molecule has 1 heterocycles. The Morgan fingerprint density at radius 3 is 2.83 bits per heavy atom. The van der Waals surface area contributed by atoms with E-state index in [4.69, 9.17) is 23.2 Å². The molecule has 0 aliphatic carbocycles. The van der Waals surface area contributed by atoms with E-state index in [1.54, 1.807) is 17.0 Å². The molecule has 1 atom stereocenters. The number of carbonyl (C=O) groups excluding carboxylic acids is 1. The molecule has 0 aromatic heterocycles. The number of hydrogen-bond donors (Lipinski definition) is 1. The van der Waals surface area contributed by atoms with Gasteiger partial charge in [-0.25, -0.2) is 0 Å². The second-order valence-corrected chi connectivity index (χ2v) is 5.45. The second-order valence-electron chi connectivity index (χ2n) is 4.63. The fourth-order valence-corrected chi connectivity index (χ4v) is 2.49. The van der Waals surface area contributed by atoms with Gasteiger partial charge in [-0.3, -0.25) is 4.79 Å². The second kappa shape index (κ2) is 5.91. The van der Waals surface area contributed by atoms with E-state index in [0.717, 1.165) is 25.1 Å². The van der Waals surface area contributed by atoms with Gasteiger partial charge >= 0.3 is 0 Å². The molecule has 1 aromatic carbocycles. The molecule has 5 heteroatoms. The molecule has 0 bridgehead atoms. The van der Waals surface area contributed by atoms with Gasteiger partial charge in [-0.1, -0.05) is 29.3 Å². The van der Waals surface area contributed by atoms with Crippen molar-refractivity contribution in [3.63, 3.8) is 0 Å². The molecular formula is C13H16Cl2N2O. The van der Waals surface area contributed by atoms with Crippen molar-refractivity contribution in [2.24, 2.45) is 5.92 Å². The number of nitrogens with zero attached hydrogens (tertiary/aromatic N) is 1. The smallest absolute Gasteiger partial charge is 0.227 e. The van der Waals surface area contributed by atoms with Gasteiger partial charge in [0.05, 0.1) is 16.0 Å². The lowest BCUT2D eigenvalue weighted by atomic mass is 10.1. The summed E-state index contributed by atoms with van der Waals surface area (Å²) in [4.78, 5) is 13.9. The fraction of sp³-hybridized carbons (Fsp3) is 0.462. The Balaban J connectivity index is 1.99. The Kier molecular flexibility index (Phi) is 4.49. The van der Waals surface area contributed by atoms with Gasteiger partial charge in [-0.15, -0.1) is 0 Å². The summed E-state index contributed by atoms with van der Waals surface area (Å²) < 4.78 is 0. The number of carbonyl (C=O) groups is 1. The lowest BCUT2D eigenvalue weighted by Crippen LogP contribution is -2.33. The molecule has 0 spiro atoms. The minimum Gasteiger partial charge on any atom is -0.341 e. The van der Waals surface area contributed by atoms with Crippen LogP contribution in [-0.4, -0.2) is 30.9 Å². The SMILES string of the molecule is CN(Cc1ccc(Cl)c(Cl)c1)C(=O)C1CCNC1. The molecule has 1 saturated heterocycles. The zero-order valence-corrected chi connectivity index (χ0v) is 11.8. The van der Waals surface area contributed by atoms with Gasteiger partial charge in [0, 0.05) is 20.1 Å². The van der Waals surface area contributed by atoms with Crippen molar-refractivity contribution < 1.29 is 4.79 Å². The molecule has 3 nitrogen and oxygen atoms in total. The van der Waals surface area contributed by atoms with E-state index in [1.807, 2.05) is 13.1 Å². The van der Waals surface area contributed by atoms with Gasteiger partial charge < -0.3 is 10.2 Å². The Morgan fingerprint density at radius 1 is 1.44 bits per heavy atom. The zero-order chi connectivity index (χ0) is 13.1. The van der Waals surface area contributed by atoms with Crippen LogP contribution < -0.4 is 5.32 Å². The zero-order valence-electron chi connectivity index (χ0n) is 10.2. The molecule has 1 aliphatic heterocycles. The standard InChI is InChI=1S/C13H16Cl2N2O/c1-17(13(18)10-4-5-16-7-10)8-9-2-3-11(14)12(15)6-9/h2-3,6,10,16H,4-5,7-8H2,1H3. The average Bonchev–Trinajstić information content (AvgIpc) is 2.86. The van der Waals surface area contributed by atoms with Gasteiger partial charge in [-0.05, 0) is 30.7 Å². The molecule has 2 rings (SSSR count). The van der Waals surface area contributed by atoms with E-state index < -0.39 is 0 Å². The van der Waals surface area contributed by atoms with Crippen LogP contribution >= 0.6 is 23.2 Å². The highest BCUT2D eigenvalue weighted by atomic mass is 35.5. The number of halogens is 2. The van der Waals surface area contributed by atoms with Crippen LogP contribution in [0.5, 0.6) is 0 Å². The van der Waals surface area contributed by atoms with Crippen molar-refractivity contribution in [1.29, 1.82) is 0 Å². The molecule has 98 valence electrons. The summed E-state index contributed by atoms with van der Waals surface area (Å²) in [5.41, 5.74) is 0.992. The van der Waals surface area contributed by atoms with E-state index in [2.05, 4.69) is 5.32 Å². The maximum Gasteiger partial charge on any atom is 0.227 e. The van der Waals surface area contributed by atoms with Crippen LogP contribution in [0.2, 0.25) is 10.0 Å². The Bertz CT molecular complexity index is 445. The first-order chi connectivity index (χ1) is 8.58. The molecule has 1 N–H and O–H groups in total. The normalized spacial score (nSPS) is 18.9. The summed E-state index contributed by atoms with van der Waals surface area (Å²) in [5, 5.41) is 4.26. The molecule has 0 radical (unpaired) electrons. The molecule has 1 amide bonds. The highest BCUT2D eigenvalue weighted by Gasteiger charge is 2.25. The van der Waals surface area contributed by atoms with Crippen LogP contribution in [0.3, 0.4) is 0 Å². The van der Waals surface area contributed by atoms with Crippen molar-refractivity contribution in [2.75, 3.05) is 20.1 Å². The Labute approximate surface area is 117 Å². The highest BCUT2D eigenvalue weighted by molar-refractivity contribution is 6.42. The number of hydrogen-bond acceptors (Lipinski definition) is 2. The number of rotatable bonds is 3. The first-order valence-electron chi connectivity index (χ1n) is 5.97. The summed E-state index contributed by atoms with van der Waals surface area (Å²) in [6, 6.07) is 5.46. The minimum atomic E-state index is 0.109. The van der Waals surface area contributed by atoms with Crippen molar-refractivity contribution in [2.45, 2.75) is 13.0 Å². The maximum absolute atomic E-state index is 12.1. The molecule has 1 aromatic rings. The van der Waals surface area contributed by atoms with E-state index in [1.165, 1.54) is 0 Å². The van der Waals surface area contributed by atoms with Crippen LogP contribution in [0.15, 0.2) is 18.2 Å². The maximum atomic E-state index is 12.1. The van der Waals surface area contributed by atoms with Gasteiger partial charge in [0.1, 0.15) is 0 Å². The van der Waals surface area contributed by atoms with E-state index in [0.29, 0.717) is 16.6 Å². The van der Waals surface area contributed by atoms with Crippen molar-refractivity contribution in [3.05, 3.63) is 33.8 Å². The molecular weight excluding hydrogens is 271 g/mol. The van der Waals surface area contributed by atoms with Crippen molar-refractivity contribution >= 4 is 29.1 Å². The molecule has 1 fully saturated rings. The first-order valence-corrected chi connectivity index (χ1v) is 6.73. The largest absolute Gasteiger partial charge is 0.341 e. The monoisotopic (exact) mass is 286 g/mol. The lowest BCUT2D eigenvalue weighted by Gasteiger charge is -2.20. The van der Waals surface area contributed by atoms with E-state index in [9.17, 15) is 4.79 Å². The van der Waals surface area contributed by atoms with Crippen molar-refractivity contribution in [3.8, 4) is 0 Å². The summed E-state index contributed by atoms with van der Waals surface area (Å²) in [5.74, 6) is 0.295. The van der Waals surface area contributed by atoms with Crippen LogP contribution in [0.1, 0.15) is 12.0 Å². The molecule has 18 heavy (non-hydrogen) atoms. The predicted octanol–water partition coefficient (Wildman–Crippen LogP) is 2.56. The van der Waals surface area contributed by atoms with Crippen molar-refractivity contribution in [1.82, 2.24) is 10.2 Å². The van der Waals surface area contributed by atoms with Gasteiger partial charge in [0.25, 0.3) is 0 Å². The van der Waals surface area contributed by atoms with Gasteiger partial charge in [0.2, 0.25) is 5.91 Å². The Hall–Kier alpha value is -0.770. The summed E-state index contributed by atoms with van der Waals surface area (Å²) >= 11 is 11.8. The number of nitrogens with one attached hydrogen (secondary N) is 1. The summed E-state index contributed by atoms with van der Waals surface area (Å²) in [7, 11) is 1.82. The molecule has 0 saturated carbocycles. The first kappa shape index (κ1) is 13.7. The van der Waals surface area contributed by atoms with Crippen LogP contribution in [0.4, 0.5) is 0 Å². The summed E-state index contributed by atoms with van der Waals surface area (Å²) in [6.07, 6.45) is 0.921. The number of amides is 1. The lowest BCUT2D eigenvalue weighted by molar-refractivity contribution is -0.134. The Morgan fingerprint density at radius 2 is 2.22 bits per heavy atom. The molecule has 1 unspecified atom stereocenters. The third-order valence-electron chi connectivity index (χ3n) is 3.19. The molecule has 1 aliphatic rings. The van der Waals surface area contributed by atoms with Gasteiger partial charge in [-0.2, -0.15) is 0 Å². The van der Waals surface area contributed by atoms with Crippen LogP contribution in [0.25, 0.3) is 0 Å². The average molecular weight is 287 g/mol. The highest BCUT2D eigenvalue weighted by Crippen LogP contribution is 2.23. The topological polar surface area (TPSA) is 32.3 Å². The van der Waals surface area contributed by atoms with Crippen LogP contribution in [0, 0.1) is 5.92 Å². The third kappa shape index (κ3) is 3.16. The van der Waals surface area contributed by atoms with E-state index in [-0.39, 0.29) is 11.8 Å². The van der Waals surface area contributed by atoms with Gasteiger partial charge in [0.15, 0.2) is 0 Å². The number of benzene rings is 1. The quantitative estimate of drug-likeness (QED) is 0.926. The van der Waals surface area contributed by atoms with E-state index >= 15 is 0 Å². The predicted molar refractivity (Wildman–Crippen MR) is 73.9 cm³/mol. The third-order valence-corrected chi connectivity index (χ3v) is 3.93. The fourth-order valence-electron chi connectivity index (χ4n) is 2.17. The minimum absolute atomic E-state index is 0.109. The summed E-state index contributed by atoms with van der Waals surface area (Å²) in [6.45, 7) is 2.27.